The first-order valence-corrected chi connectivity index (χ1v) is 7.61. The lowest BCUT2D eigenvalue weighted by molar-refractivity contribution is 0.218. The molecular weight excluding hydrogens is 256 g/mol. The summed E-state index contributed by atoms with van der Waals surface area (Å²) >= 11 is 1.74. The molecule has 0 bridgehead atoms. The Bertz CT molecular complexity index is 402. The van der Waals surface area contributed by atoms with Crippen molar-refractivity contribution in [2.75, 3.05) is 25.2 Å². The molecule has 0 aliphatic heterocycles. The molecule has 19 heavy (non-hydrogen) atoms. The van der Waals surface area contributed by atoms with E-state index in [1.54, 1.807) is 18.9 Å². The van der Waals surface area contributed by atoms with Gasteiger partial charge in [-0.25, -0.2) is 0 Å². The molecule has 0 fully saturated rings. The molecule has 1 atom stereocenters. The monoisotopic (exact) mass is 278 g/mol. The van der Waals surface area contributed by atoms with Crippen LogP contribution >= 0.6 is 11.8 Å². The van der Waals surface area contributed by atoms with E-state index in [-0.39, 0.29) is 6.04 Å². The van der Waals surface area contributed by atoms with Crippen LogP contribution in [0.5, 0.6) is 0 Å². The van der Waals surface area contributed by atoms with Gasteiger partial charge in [0.1, 0.15) is 5.54 Å². The molecule has 0 saturated carbocycles. The summed E-state index contributed by atoms with van der Waals surface area (Å²) < 4.78 is 5.05. The quantitative estimate of drug-likeness (QED) is 0.743. The number of nitrogens with one attached hydrogen (secondary N) is 1. The van der Waals surface area contributed by atoms with Gasteiger partial charge in [-0.05, 0) is 19.4 Å². The highest BCUT2D eigenvalue weighted by Gasteiger charge is 2.32. The second kappa shape index (κ2) is 8.21. The first kappa shape index (κ1) is 16.0. The van der Waals surface area contributed by atoms with Gasteiger partial charge in [0.2, 0.25) is 0 Å². The van der Waals surface area contributed by atoms with Gasteiger partial charge in [-0.15, -0.1) is 0 Å². The number of nitrogens with zero attached hydrogens (tertiary/aromatic N) is 1. The SMILES string of the molecule is COCCSCC(C#N)(NC(C)C)c1ccccc1. The third kappa shape index (κ3) is 4.87. The fraction of sp³-hybridized carbons (Fsp3) is 0.533. The Labute approximate surface area is 120 Å². The second-order valence-corrected chi connectivity index (χ2v) is 5.83. The molecule has 0 radical (unpaired) electrons. The normalized spacial score (nSPS) is 14.1. The molecule has 0 amide bonds. The Kier molecular flexibility index (Phi) is 6.93. The topological polar surface area (TPSA) is 45.0 Å². The summed E-state index contributed by atoms with van der Waals surface area (Å²) in [5, 5.41) is 13.1. The van der Waals surface area contributed by atoms with E-state index in [9.17, 15) is 5.26 Å². The minimum absolute atomic E-state index is 0.253. The maximum absolute atomic E-state index is 9.68. The van der Waals surface area contributed by atoms with E-state index < -0.39 is 5.54 Å². The molecule has 1 unspecified atom stereocenters. The minimum atomic E-state index is -0.631. The third-order valence-corrected chi connectivity index (χ3v) is 3.84. The van der Waals surface area contributed by atoms with Crippen molar-refractivity contribution < 1.29 is 4.74 Å². The number of thioether (sulfide) groups is 1. The summed E-state index contributed by atoms with van der Waals surface area (Å²) in [6.45, 7) is 4.84. The summed E-state index contributed by atoms with van der Waals surface area (Å²) in [6, 6.07) is 12.7. The van der Waals surface area contributed by atoms with E-state index >= 15 is 0 Å². The van der Waals surface area contributed by atoms with Gasteiger partial charge in [0, 0.05) is 24.7 Å². The first-order valence-electron chi connectivity index (χ1n) is 6.46. The van der Waals surface area contributed by atoms with E-state index in [1.165, 1.54) is 0 Å². The third-order valence-electron chi connectivity index (χ3n) is 2.74. The van der Waals surface area contributed by atoms with Crippen LogP contribution in [-0.2, 0) is 10.3 Å². The predicted octanol–water partition coefficient (Wildman–Crippen LogP) is 2.78. The molecule has 0 heterocycles. The van der Waals surface area contributed by atoms with Crippen molar-refractivity contribution in [3.05, 3.63) is 35.9 Å². The summed E-state index contributed by atoms with van der Waals surface area (Å²) in [5.41, 5.74) is 0.393. The lowest BCUT2D eigenvalue weighted by Gasteiger charge is -2.30. The van der Waals surface area contributed by atoms with Gasteiger partial charge in [-0.3, -0.25) is 5.32 Å². The number of benzene rings is 1. The number of nitriles is 1. The molecule has 0 aliphatic rings. The van der Waals surface area contributed by atoms with Crippen LogP contribution in [0.25, 0.3) is 0 Å². The van der Waals surface area contributed by atoms with Crippen molar-refractivity contribution in [3.63, 3.8) is 0 Å². The molecule has 3 nitrogen and oxygen atoms in total. The van der Waals surface area contributed by atoms with Crippen LogP contribution in [0.1, 0.15) is 19.4 Å². The van der Waals surface area contributed by atoms with Crippen molar-refractivity contribution in [1.82, 2.24) is 5.32 Å². The van der Waals surface area contributed by atoms with Crippen molar-refractivity contribution in [2.24, 2.45) is 0 Å². The van der Waals surface area contributed by atoms with E-state index in [2.05, 4.69) is 25.2 Å². The number of hydrogen-bond donors (Lipinski definition) is 1. The Morgan fingerprint density at radius 3 is 2.58 bits per heavy atom. The van der Waals surface area contributed by atoms with Gasteiger partial charge in [0.25, 0.3) is 0 Å². The van der Waals surface area contributed by atoms with Gasteiger partial charge in [-0.2, -0.15) is 17.0 Å². The maximum atomic E-state index is 9.68. The number of rotatable bonds is 8. The Hall–Kier alpha value is -1.02. The molecule has 0 aromatic heterocycles. The summed E-state index contributed by atoms with van der Waals surface area (Å²) in [4.78, 5) is 0. The number of methoxy groups -OCH3 is 1. The van der Waals surface area contributed by atoms with Crippen LogP contribution < -0.4 is 5.32 Å². The molecule has 0 aliphatic carbocycles. The molecule has 0 saturated heterocycles. The summed E-state index contributed by atoms with van der Waals surface area (Å²) in [7, 11) is 1.70. The van der Waals surface area contributed by atoms with E-state index in [0.29, 0.717) is 6.61 Å². The van der Waals surface area contributed by atoms with Crippen molar-refractivity contribution in [2.45, 2.75) is 25.4 Å². The van der Waals surface area contributed by atoms with Crippen LogP contribution in [0.2, 0.25) is 0 Å². The Morgan fingerprint density at radius 2 is 2.05 bits per heavy atom. The Balaban J connectivity index is 2.86. The van der Waals surface area contributed by atoms with Crippen LogP contribution in [-0.4, -0.2) is 31.3 Å². The zero-order valence-corrected chi connectivity index (χ0v) is 12.7. The molecule has 1 aromatic carbocycles. The molecule has 1 N–H and O–H groups in total. The highest BCUT2D eigenvalue weighted by Crippen LogP contribution is 2.26. The van der Waals surface area contributed by atoms with Gasteiger partial charge in [-0.1, -0.05) is 30.3 Å². The van der Waals surface area contributed by atoms with Crippen molar-refractivity contribution in [1.29, 1.82) is 5.26 Å². The van der Waals surface area contributed by atoms with E-state index in [4.69, 9.17) is 4.74 Å². The predicted molar refractivity (Wildman–Crippen MR) is 81.2 cm³/mol. The van der Waals surface area contributed by atoms with Crippen molar-refractivity contribution >= 4 is 11.8 Å². The van der Waals surface area contributed by atoms with Crippen LogP contribution in [0.4, 0.5) is 0 Å². The lowest BCUT2D eigenvalue weighted by atomic mass is 9.92. The van der Waals surface area contributed by atoms with Gasteiger partial charge in [0.05, 0.1) is 12.7 Å². The fourth-order valence-electron chi connectivity index (χ4n) is 1.92. The lowest BCUT2D eigenvalue weighted by Crippen LogP contribution is -2.47. The van der Waals surface area contributed by atoms with E-state index in [0.717, 1.165) is 17.1 Å². The average molecular weight is 278 g/mol. The zero-order valence-electron chi connectivity index (χ0n) is 11.8. The Morgan fingerprint density at radius 1 is 1.37 bits per heavy atom. The highest BCUT2D eigenvalue weighted by atomic mass is 32.2. The molecule has 1 aromatic rings. The van der Waals surface area contributed by atoms with Crippen LogP contribution in [0.15, 0.2) is 30.3 Å². The standard InChI is InChI=1S/C15H22N2OS/c1-13(2)17-15(11-16,12-19-10-9-18-3)14-7-5-4-6-8-14/h4-8,13,17H,9-10,12H2,1-3H3. The summed E-state index contributed by atoms with van der Waals surface area (Å²) in [5.74, 6) is 1.61. The van der Waals surface area contributed by atoms with Crippen LogP contribution in [0.3, 0.4) is 0 Å². The van der Waals surface area contributed by atoms with Crippen molar-refractivity contribution in [3.8, 4) is 6.07 Å². The molecule has 1 rings (SSSR count). The van der Waals surface area contributed by atoms with Crippen LogP contribution in [0, 0.1) is 11.3 Å². The smallest absolute Gasteiger partial charge is 0.141 e. The average Bonchev–Trinajstić information content (AvgIpc) is 2.43. The fourth-order valence-corrected chi connectivity index (χ4v) is 2.97. The molecule has 104 valence electrons. The van der Waals surface area contributed by atoms with Gasteiger partial charge >= 0.3 is 0 Å². The number of ether oxygens (including phenoxy) is 1. The van der Waals surface area contributed by atoms with Gasteiger partial charge < -0.3 is 4.74 Å². The van der Waals surface area contributed by atoms with E-state index in [1.807, 2.05) is 30.3 Å². The number of hydrogen-bond acceptors (Lipinski definition) is 4. The summed E-state index contributed by atoms with van der Waals surface area (Å²) in [6.07, 6.45) is 0. The minimum Gasteiger partial charge on any atom is -0.384 e. The zero-order chi connectivity index (χ0) is 14.1. The van der Waals surface area contributed by atoms with Gasteiger partial charge in [0.15, 0.2) is 0 Å². The molecular formula is C15H22N2OS. The largest absolute Gasteiger partial charge is 0.384 e. The molecule has 0 spiro atoms. The second-order valence-electron chi connectivity index (χ2n) is 4.73. The maximum Gasteiger partial charge on any atom is 0.141 e. The first-order chi connectivity index (χ1) is 9.14. The molecule has 4 heteroatoms. The highest BCUT2D eigenvalue weighted by molar-refractivity contribution is 7.99.